The van der Waals surface area contributed by atoms with Gasteiger partial charge in [0.2, 0.25) is 5.91 Å². The molecule has 2 aromatic carbocycles. The van der Waals surface area contributed by atoms with Crippen molar-refractivity contribution in [1.82, 2.24) is 14.7 Å². The molecule has 2 fully saturated rings. The van der Waals surface area contributed by atoms with E-state index in [0.29, 0.717) is 48.4 Å². The lowest BCUT2D eigenvalue weighted by Crippen LogP contribution is -2.56. The quantitative estimate of drug-likeness (QED) is 0.342. The number of aromatic nitrogens is 2. The maximum atomic E-state index is 16.3. The maximum absolute atomic E-state index is 16.3. The first-order chi connectivity index (χ1) is 19.9. The average molecular weight is 577 g/mol. The Kier molecular flexibility index (Phi) is 8.14. The number of likely N-dealkylation sites (tertiary alicyclic amines) is 1. The van der Waals surface area contributed by atoms with Gasteiger partial charge < -0.3 is 5.73 Å². The second-order valence-electron chi connectivity index (χ2n) is 12.6. The molecule has 1 saturated heterocycles. The molecule has 0 bridgehead atoms. The van der Waals surface area contributed by atoms with Crippen molar-refractivity contribution in [3.63, 3.8) is 0 Å². The van der Waals surface area contributed by atoms with E-state index in [1.54, 1.807) is 6.92 Å². The molecule has 2 heterocycles. The lowest BCUT2D eigenvalue weighted by atomic mass is 9.72. The Balaban J connectivity index is 1.68. The van der Waals surface area contributed by atoms with E-state index in [9.17, 15) is 14.0 Å². The summed E-state index contributed by atoms with van der Waals surface area (Å²) in [5.41, 5.74) is 11.7. The van der Waals surface area contributed by atoms with Gasteiger partial charge in [-0.25, -0.2) is 13.5 Å². The molecule has 6 nitrogen and oxygen atoms in total. The highest BCUT2D eigenvalue weighted by Crippen LogP contribution is 2.53. The highest BCUT2D eigenvalue weighted by molar-refractivity contribution is 5.84. The van der Waals surface area contributed by atoms with Crippen molar-refractivity contribution in [2.45, 2.75) is 84.9 Å². The Morgan fingerprint density at radius 2 is 1.67 bits per heavy atom. The molecule has 1 saturated carbocycles. The van der Waals surface area contributed by atoms with E-state index in [4.69, 9.17) is 10.8 Å². The number of primary amides is 1. The third kappa shape index (κ3) is 5.30. The fraction of sp³-hybridized carbons (Fsp3) is 0.500. The van der Waals surface area contributed by atoms with E-state index in [2.05, 4.69) is 32.9 Å². The van der Waals surface area contributed by atoms with Gasteiger partial charge in [-0.05, 0) is 111 Å². The summed E-state index contributed by atoms with van der Waals surface area (Å²) in [6.07, 6.45) is 1.48. The van der Waals surface area contributed by atoms with Crippen LogP contribution < -0.4 is 11.3 Å². The third-order valence-electron chi connectivity index (χ3n) is 9.34. The number of hydrogen-bond acceptors (Lipinski definition) is 4. The standard InChI is InChI=1S/C34H42F2N4O2/c1-7-34(33(37)42,40-29(41)15-20(3)28(38-40)10-11-39-17-26(35)18-39)31(24-8-9-24)27-16-25(14-23(6)32(27)36)30-21(4)12-19(2)13-22(30)5/h12-16,24,26,31H,7-11,17-18H2,1-6H3,(H2,37,42)/t31-,34-/m0/s1. The normalized spacial score (nSPS) is 18.0. The number of hydrogen-bond donors (Lipinski definition) is 1. The van der Waals surface area contributed by atoms with Crippen molar-refractivity contribution in [2.75, 3.05) is 19.6 Å². The fourth-order valence-electron chi connectivity index (χ4n) is 7.13. The number of halogens is 2. The molecule has 3 aromatic rings. The fourth-order valence-corrected chi connectivity index (χ4v) is 7.13. The molecule has 0 unspecified atom stereocenters. The highest BCUT2D eigenvalue weighted by Gasteiger charge is 2.54. The number of aryl methyl sites for hydroxylation is 5. The van der Waals surface area contributed by atoms with Gasteiger partial charge in [-0.2, -0.15) is 5.10 Å². The van der Waals surface area contributed by atoms with Crippen LogP contribution in [0.2, 0.25) is 0 Å². The topological polar surface area (TPSA) is 81.2 Å². The molecule has 1 amide bonds. The molecule has 1 aromatic heterocycles. The van der Waals surface area contributed by atoms with Gasteiger partial charge in [0, 0.05) is 38.0 Å². The molecule has 5 rings (SSSR count). The van der Waals surface area contributed by atoms with E-state index < -0.39 is 29.1 Å². The molecule has 42 heavy (non-hydrogen) atoms. The zero-order valence-electron chi connectivity index (χ0n) is 25.6. The molecule has 2 N–H and O–H groups in total. The van der Waals surface area contributed by atoms with E-state index in [1.165, 1.54) is 10.7 Å². The average Bonchev–Trinajstić information content (AvgIpc) is 3.72. The molecular formula is C34H42F2N4O2. The van der Waals surface area contributed by atoms with Crippen LogP contribution in [0.3, 0.4) is 0 Å². The summed E-state index contributed by atoms with van der Waals surface area (Å²) in [6, 6.07) is 9.44. The minimum atomic E-state index is -1.56. The van der Waals surface area contributed by atoms with Gasteiger partial charge in [0.05, 0.1) is 5.69 Å². The number of nitrogens with two attached hydrogens (primary N) is 1. The number of carbonyl (C=O) groups excluding carboxylic acids is 1. The van der Waals surface area contributed by atoms with E-state index >= 15 is 4.39 Å². The van der Waals surface area contributed by atoms with Gasteiger partial charge in [0.1, 0.15) is 12.0 Å². The van der Waals surface area contributed by atoms with Gasteiger partial charge in [0.25, 0.3) is 5.56 Å². The first-order valence-corrected chi connectivity index (χ1v) is 15.0. The van der Waals surface area contributed by atoms with Crippen LogP contribution in [0.1, 0.15) is 71.2 Å². The van der Waals surface area contributed by atoms with Crippen molar-refractivity contribution < 1.29 is 13.6 Å². The lowest BCUT2D eigenvalue weighted by molar-refractivity contribution is -0.129. The number of alkyl halides is 1. The van der Waals surface area contributed by atoms with E-state index in [1.807, 2.05) is 30.9 Å². The van der Waals surface area contributed by atoms with Gasteiger partial charge in [-0.15, -0.1) is 0 Å². The first kappa shape index (κ1) is 30.1. The van der Waals surface area contributed by atoms with Crippen LogP contribution in [-0.4, -0.2) is 46.4 Å². The second-order valence-corrected chi connectivity index (χ2v) is 12.6. The van der Waals surface area contributed by atoms with Crippen molar-refractivity contribution in [2.24, 2.45) is 11.7 Å². The molecule has 0 spiro atoms. The predicted octanol–water partition coefficient (Wildman–Crippen LogP) is 5.57. The van der Waals surface area contributed by atoms with Crippen LogP contribution in [-0.2, 0) is 16.8 Å². The first-order valence-electron chi connectivity index (χ1n) is 15.0. The van der Waals surface area contributed by atoms with Crippen LogP contribution in [0.4, 0.5) is 8.78 Å². The monoisotopic (exact) mass is 576 g/mol. The zero-order valence-corrected chi connectivity index (χ0v) is 25.6. The summed E-state index contributed by atoms with van der Waals surface area (Å²) >= 11 is 0. The Morgan fingerprint density at radius 3 is 2.21 bits per heavy atom. The lowest BCUT2D eigenvalue weighted by Gasteiger charge is -2.39. The van der Waals surface area contributed by atoms with E-state index in [-0.39, 0.29) is 18.2 Å². The summed E-state index contributed by atoms with van der Waals surface area (Å²) in [7, 11) is 0. The van der Waals surface area contributed by atoms with Gasteiger partial charge in [-0.3, -0.25) is 14.5 Å². The van der Waals surface area contributed by atoms with Gasteiger partial charge >= 0.3 is 0 Å². The van der Waals surface area contributed by atoms with Crippen LogP contribution in [0.5, 0.6) is 0 Å². The van der Waals surface area contributed by atoms with Crippen LogP contribution in [0.25, 0.3) is 11.1 Å². The summed E-state index contributed by atoms with van der Waals surface area (Å²) < 4.78 is 30.9. The number of nitrogens with zero attached hydrogens (tertiary/aromatic N) is 3. The SMILES string of the molecule is CC[C@@](C(N)=O)([C@H](c1cc(-c2c(C)cc(C)cc2C)cc(C)c1F)C1CC1)n1nc(CCN2CC(F)C2)c(C)cc1=O. The number of amides is 1. The van der Waals surface area contributed by atoms with Gasteiger partial charge in [0.15, 0.2) is 5.54 Å². The van der Waals surface area contributed by atoms with Crippen molar-refractivity contribution in [1.29, 1.82) is 0 Å². The molecule has 8 heteroatoms. The molecule has 0 radical (unpaired) electrons. The molecule has 2 atom stereocenters. The van der Waals surface area contributed by atoms with Crippen LogP contribution in [0.15, 0.2) is 35.1 Å². The number of benzene rings is 2. The highest BCUT2D eigenvalue weighted by atomic mass is 19.1. The zero-order chi connectivity index (χ0) is 30.5. The Hall–Kier alpha value is -3.39. The smallest absolute Gasteiger partial charge is 0.268 e. The van der Waals surface area contributed by atoms with E-state index in [0.717, 1.165) is 40.7 Å². The molecule has 1 aliphatic heterocycles. The Morgan fingerprint density at radius 1 is 1.02 bits per heavy atom. The summed E-state index contributed by atoms with van der Waals surface area (Å²) in [5, 5.41) is 4.77. The molecular weight excluding hydrogens is 534 g/mol. The molecule has 1 aliphatic carbocycles. The molecule has 224 valence electrons. The maximum Gasteiger partial charge on any atom is 0.268 e. The third-order valence-corrected chi connectivity index (χ3v) is 9.34. The largest absolute Gasteiger partial charge is 0.368 e. The van der Waals surface area contributed by atoms with Gasteiger partial charge in [-0.1, -0.05) is 24.6 Å². The summed E-state index contributed by atoms with van der Waals surface area (Å²) in [5.74, 6) is -1.77. The van der Waals surface area contributed by atoms with Crippen molar-refractivity contribution in [3.05, 3.63) is 85.6 Å². The minimum Gasteiger partial charge on any atom is -0.368 e. The summed E-state index contributed by atoms with van der Waals surface area (Å²) in [6.45, 7) is 12.9. The van der Waals surface area contributed by atoms with Crippen molar-refractivity contribution in [3.8, 4) is 11.1 Å². The number of rotatable bonds is 10. The Labute approximate surface area is 246 Å². The van der Waals surface area contributed by atoms with Crippen LogP contribution in [0, 0.1) is 46.4 Å². The number of carbonyl (C=O) groups is 1. The molecule has 2 aliphatic rings. The minimum absolute atomic E-state index is 0.0251. The predicted molar refractivity (Wildman–Crippen MR) is 162 cm³/mol. The summed E-state index contributed by atoms with van der Waals surface area (Å²) in [4.78, 5) is 29.3. The van der Waals surface area contributed by atoms with Crippen molar-refractivity contribution >= 4 is 5.91 Å². The second kappa shape index (κ2) is 11.4. The Bertz CT molecular complexity index is 1570. The van der Waals surface area contributed by atoms with Crippen LogP contribution >= 0.6 is 0 Å².